The number of nitrogens with zero attached hydrogens (tertiary/aromatic N) is 3. The Morgan fingerprint density at radius 3 is 2.14 bits per heavy atom. The first kappa shape index (κ1) is 26.6. The molecule has 0 aliphatic heterocycles. The zero-order chi connectivity index (χ0) is 25.8. The molecule has 0 radical (unpaired) electrons. The molecule has 0 aromatic heterocycles. The van der Waals surface area contributed by atoms with Crippen LogP contribution in [0.1, 0.15) is 16.7 Å². The number of halogens is 5. The van der Waals surface area contributed by atoms with E-state index in [1.54, 1.807) is 24.3 Å². The fourth-order valence-corrected chi connectivity index (χ4v) is 4.92. The van der Waals surface area contributed by atoms with Crippen LogP contribution < -0.4 is 10.2 Å². The van der Waals surface area contributed by atoms with Crippen molar-refractivity contribution in [2.75, 3.05) is 5.43 Å². The Bertz CT molecular complexity index is 1280. The Hall–Kier alpha value is -3.02. The molecule has 0 heterocycles. The summed E-state index contributed by atoms with van der Waals surface area (Å²) in [6.45, 7) is 0.191. The third kappa shape index (κ3) is 7.00. The summed E-state index contributed by atoms with van der Waals surface area (Å²) in [4.78, 5) is 20.5. The number of alkyl halides is 3. The molecule has 0 aliphatic rings. The molecule has 0 aliphatic carbocycles. The molecule has 0 spiro atoms. The number of rotatable bonds is 8. The average Bonchev–Trinajstić information content (AvgIpc) is 2.78. The van der Waals surface area contributed by atoms with E-state index in [2.05, 4.69) is 55.7 Å². The highest BCUT2D eigenvalue weighted by atomic mass is 127. The van der Waals surface area contributed by atoms with E-state index in [0.717, 1.165) is 24.8 Å². The van der Waals surface area contributed by atoms with E-state index in [1.807, 2.05) is 0 Å². The summed E-state index contributed by atoms with van der Waals surface area (Å²) >= 11 is 4.12. The molecule has 0 amide bonds. The largest absolute Gasteiger partial charge is 0.487 e. The van der Waals surface area contributed by atoms with Crippen molar-refractivity contribution in [3.05, 3.63) is 98.7 Å². The van der Waals surface area contributed by atoms with Crippen LogP contribution in [0.4, 0.5) is 30.2 Å². The smallest absolute Gasteiger partial charge is 0.416 e. The van der Waals surface area contributed by atoms with E-state index in [9.17, 15) is 33.4 Å². The molecule has 0 atom stereocenters. The fourth-order valence-electron chi connectivity index (χ4n) is 2.79. The van der Waals surface area contributed by atoms with E-state index >= 15 is 0 Å². The molecule has 0 saturated carbocycles. The van der Waals surface area contributed by atoms with Crippen molar-refractivity contribution in [2.24, 2.45) is 5.10 Å². The number of nitrogens with one attached hydrogen (secondary N) is 1. The molecule has 14 heteroatoms. The Morgan fingerprint density at radius 1 is 0.971 bits per heavy atom. The summed E-state index contributed by atoms with van der Waals surface area (Å²) in [5, 5.41) is 25.8. The first-order valence-electron chi connectivity index (χ1n) is 9.45. The molecule has 1 N–H and O–H groups in total. The molecule has 182 valence electrons. The predicted molar refractivity (Wildman–Crippen MR) is 139 cm³/mol. The van der Waals surface area contributed by atoms with Gasteiger partial charge in [-0.2, -0.15) is 18.3 Å². The molecule has 3 aromatic rings. The number of ether oxygens (including phenoxy) is 1. The summed E-state index contributed by atoms with van der Waals surface area (Å²) in [7, 11) is 0. The molecule has 9 nitrogen and oxygen atoms in total. The molecule has 0 bridgehead atoms. The van der Waals surface area contributed by atoms with Crippen molar-refractivity contribution in [1.82, 2.24) is 0 Å². The van der Waals surface area contributed by atoms with E-state index in [-0.39, 0.29) is 18.0 Å². The molecular formula is C21H13F3I2N4O5. The maximum Gasteiger partial charge on any atom is 0.416 e. The second-order valence-corrected chi connectivity index (χ2v) is 9.21. The maximum atomic E-state index is 12.8. The first-order chi connectivity index (χ1) is 16.5. The van der Waals surface area contributed by atoms with Gasteiger partial charge in [-0.3, -0.25) is 25.7 Å². The number of hydrazone groups is 1. The van der Waals surface area contributed by atoms with Gasteiger partial charge in [-0.25, -0.2) is 0 Å². The maximum absolute atomic E-state index is 12.8. The Morgan fingerprint density at radius 2 is 1.60 bits per heavy atom. The highest BCUT2D eigenvalue weighted by molar-refractivity contribution is 14.1. The summed E-state index contributed by atoms with van der Waals surface area (Å²) in [6, 6.07) is 11.6. The number of hydrogen-bond donors (Lipinski definition) is 1. The van der Waals surface area contributed by atoms with E-state index in [1.165, 1.54) is 18.3 Å². The van der Waals surface area contributed by atoms with Crippen molar-refractivity contribution in [1.29, 1.82) is 0 Å². The molecule has 0 saturated heterocycles. The highest BCUT2D eigenvalue weighted by Gasteiger charge is 2.33. The lowest BCUT2D eigenvalue weighted by molar-refractivity contribution is -0.384. The topological polar surface area (TPSA) is 120 Å². The minimum absolute atomic E-state index is 0.0169. The molecular weight excluding hydrogens is 699 g/mol. The minimum atomic E-state index is -4.71. The van der Waals surface area contributed by atoms with Crippen molar-refractivity contribution in [3.8, 4) is 5.75 Å². The lowest BCUT2D eigenvalue weighted by Gasteiger charge is -2.11. The van der Waals surface area contributed by atoms with Gasteiger partial charge in [0.05, 0.1) is 28.8 Å². The second kappa shape index (κ2) is 11.1. The van der Waals surface area contributed by atoms with Crippen LogP contribution >= 0.6 is 45.2 Å². The fraction of sp³-hybridized carbons (Fsp3) is 0.0952. The first-order valence-corrected chi connectivity index (χ1v) is 11.6. The van der Waals surface area contributed by atoms with Crippen molar-refractivity contribution < 1.29 is 27.8 Å². The number of benzene rings is 3. The summed E-state index contributed by atoms with van der Waals surface area (Å²) < 4.78 is 45.8. The summed E-state index contributed by atoms with van der Waals surface area (Å²) in [6.07, 6.45) is -3.34. The van der Waals surface area contributed by atoms with E-state index in [4.69, 9.17) is 4.74 Å². The van der Waals surface area contributed by atoms with Gasteiger partial charge < -0.3 is 4.74 Å². The minimum Gasteiger partial charge on any atom is -0.487 e. The lowest BCUT2D eigenvalue weighted by atomic mass is 10.1. The molecule has 35 heavy (non-hydrogen) atoms. The van der Waals surface area contributed by atoms with Gasteiger partial charge in [0.1, 0.15) is 18.0 Å². The Labute approximate surface area is 222 Å². The lowest BCUT2D eigenvalue weighted by Crippen LogP contribution is -2.06. The van der Waals surface area contributed by atoms with Gasteiger partial charge in [-0.15, -0.1) is 0 Å². The molecule has 3 aromatic carbocycles. The van der Waals surface area contributed by atoms with Crippen LogP contribution in [-0.2, 0) is 12.8 Å². The highest BCUT2D eigenvalue weighted by Crippen LogP contribution is 2.35. The van der Waals surface area contributed by atoms with Crippen LogP contribution in [0.2, 0.25) is 0 Å². The van der Waals surface area contributed by atoms with Gasteiger partial charge in [0.2, 0.25) is 0 Å². The van der Waals surface area contributed by atoms with Gasteiger partial charge in [0.25, 0.3) is 11.4 Å². The van der Waals surface area contributed by atoms with Crippen molar-refractivity contribution in [2.45, 2.75) is 12.8 Å². The van der Waals surface area contributed by atoms with Crippen LogP contribution in [0.15, 0.2) is 59.7 Å². The normalized spacial score (nSPS) is 11.5. The Balaban J connectivity index is 1.71. The van der Waals surface area contributed by atoms with E-state index < -0.39 is 27.3 Å². The molecule has 3 rings (SSSR count). The number of hydrogen-bond acceptors (Lipinski definition) is 7. The van der Waals surface area contributed by atoms with Crippen LogP contribution in [-0.4, -0.2) is 16.1 Å². The zero-order valence-corrected chi connectivity index (χ0v) is 21.6. The van der Waals surface area contributed by atoms with Crippen LogP contribution in [0.5, 0.6) is 5.75 Å². The van der Waals surface area contributed by atoms with Crippen LogP contribution in [0, 0.1) is 27.4 Å². The van der Waals surface area contributed by atoms with Gasteiger partial charge in [0.15, 0.2) is 0 Å². The number of nitro benzene ring substituents is 2. The molecule has 0 fully saturated rings. The van der Waals surface area contributed by atoms with Gasteiger partial charge >= 0.3 is 6.18 Å². The summed E-state index contributed by atoms with van der Waals surface area (Å²) in [5.74, 6) is 0.591. The number of nitro groups is 2. The van der Waals surface area contributed by atoms with Gasteiger partial charge in [-0.05, 0) is 92.7 Å². The standard InChI is InChI=1S/C21H13F3I2N4O5/c22-21(23,24)14-3-6-18(19(9-14)30(33)34)28-27-10-13-7-16(25)20(17(26)8-13)35-11-12-1-4-15(5-2-12)29(31)32/h1-10,28H,11H2/b27-10-. The van der Waals surface area contributed by atoms with Crippen LogP contribution in [0.3, 0.4) is 0 Å². The Kier molecular flexibility index (Phi) is 8.47. The second-order valence-electron chi connectivity index (χ2n) is 6.88. The molecule has 0 unspecified atom stereocenters. The third-order valence-electron chi connectivity index (χ3n) is 4.47. The number of anilines is 1. The monoisotopic (exact) mass is 712 g/mol. The SMILES string of the molecule is O=[N+]([O-])c1ccc(COc2c(I)cc(/C=N\Nc3ccc(C(F)(F)F)cc3[N+](=O)[O-])cc2I)cc1. The quantitative estimate of drug-likeness (QED) is 0.119. The van der Waals surface area contributed by atoms with Gasteiger partial charge in [0, 0.05) is 18.2 Å². The van der Waals surface area contributed by atoms with E-state index in [0.29, 0.717) is 17.4 Å². The third-order valence-corrected chi connectivity index (χ3v) is 6.07. The van der Waals surface area contributed by atoms with Crippen LogP contribution in [0.25, 0.3) is 0 Å². The summed E-state index contributed by atoms with van der Waals surface area (Å²) in [5.41, 5.74) is 1.68. The predicted octanol–water partition coefficient (Wildman–Crippen LogP) is 6.76. The van der Waals surface area contributed by atoms with Gasteiger partial charge in [-0.1, -0.05) is 0 Å². The van der Waals surface area contributed by atoms with Crippen molar-refractivity contribution >= 4 is 68.5 Å². The average molecular weight is 712 g/mol. The van der Waals surface area contributed by atoms with Crippen molar-refractivity contribution in [3.63, 3.8) is 0 Å². The zero-order valence-electron chi connectivity index (χ0n) is 17.3. The number of non-ortho nitro benzene ring substituents is 1.